The molecule has 9 heteroatoms. The Kier molecular flexibility index (Phi) is 9.14. The minimum absolute atomic E-state index is 0. The molecule has 0 aliphatic carbocycles. The third-order valence-corrected chi connectivity index (χ3v) is 5.11. The molecule has 190 valence electrons. The number of hydrogen-bond acceptors (Lipinski definition) is 7. The minimum Gasteiger partial charge on any atom is -0.444 e. The summed E-state index contributed by atoms with van der Waals surface area (Å²) in [4.78, 5) is 39.3. The van der Waals surface area contributed by atoms with Crippen LogP contribution in [0.1, 0.15) is 61.0 Å². The van der Waals surface area contributed by atoms with Crippen molar-refractivity contribution in [2.45, 2.75) is 68.0 Å². The number of likely N-dealkylation sites (N-methyl/N-ethyl adjacent to an activating group) is 1. The number of aryl methyl sites for hydroxylation is 2. The lowest BCUT2D eigenvalue weighted by atomic mass is 10.1. The summed E-state index contributed by atoms with van der Waals surface area (Å²) in [6.07, 6.45) is 6.41. The number of amides is 2. The number of nitrogens with one attached hydrogen (secondary N) is 1. The number of ether oxygens (including phenoxy) is 1. The zero-order valence-electron chi connectivity index (χ0n) is 19.8. The highest BCUT2D eigenvalue weighted by Gasteiger charge is 2.27. The van der Waals surface area contributed by atoms with Gasteiger partial charge in [0.15, 0.2) is 0 Å². The quantitative estimate of drug-likeness (QED) is 0.481. The predicted molar refractivity (Wildman–Crippen MR) is 140 cm³/mol. The number of nitrogens with zero attached hydrogens (tertiary/aromatic N) is 4. The maximum absolute atomic E-state index is 12.8. The lowest BCUT2D eigenvalue weighted by Crippen LogP contribution is -2.45. The van der Waals surface area contributed by atoms with E-state index in [9.17, 15) is 9.59 Å². The van der Waals surface area contributed by atoms with Gasteiger partial charge in [0.2, 0.25) is 11.6 Å². The van der Waals surface area contributed by atoms with Gasteiger partial charge in [-0.25, -0.2) is 19.7 Å². The lowest BCUT2D eigenvalue weighted by molar-refractivity contribution is -0.120. The fraction of sp³-hybridized carbons (Fsp3) is 0.423. The average molecular weight is 484 g/mol. The maximum atomic E-state index is 12.8. The molecule has 0 bridgehead atoms. The Morgan fingerprint density at radius 1 is 1.23 bits per heavy atom. The monoisotopic (exact) mass is 483 g/mol. The molecule has 0 spiro atoms. The molecule has 3 heterocycles. The van der Waals surface area contributed by atoms with Crippen LogP contribution in [0.4, 0.5) is 10.6 Å². The smallest absolute Gasteiger partial charge is 0.410 e. The first-order valence-corrected chi connectivity index (χ1v) is 10.4. The van der Waals surface area contributed by atoms with Crippen molar-refractivity contribution >= 4 is 28.9 Å². The van der Waals surface area contributed by atoms with Crippen molar-refractivity contribution in [2.75, 3.05) is 12.4 Å². The van der Waals surface area contributed by atoms with Crippen LogP contribution in [-0.4, -0.2) is 50.5 Å². The molecule has 3 rings (SSSR count). The molecule has 1 N–H and O–H groups in total. The Hall–Kier alpha value is -3.93. The van der Waals surface area contributed by atoms with Crippen LogP contribution in [0.5, 0.6) is 0 Å². The Morgan fingerprint density at radius 3 is 2.49 bits per heavy atom. The zero-order valence-corrected chi connectivity index (χ0v) is 19.8. The highest BCUT2D eigenvalue weighted by Crippen LogP contribution is 2.32. The first-order valence-electron chi connectivity index (χ1n) is 10.4. The number of anilines is 1. The van der Waals surface area contributed by atoms with Crippen molar-refractivity contribution in [2.24, 2.45) is 0 Å². The summed E-state index contributed by atoms with van der Waals surface area (Å²) in [6.45, 7) is 10.6. The van der Waals surface area contributed by atoms with E-state index in [-0.39, 0.29) is 22.1 Å². The molecule has 0 aliphatic rings. The van der Waals surface area contributed by atoms with Gasteiger partial charge in [-0.05, 0) is 53.7 Å². The topological polar surface area (TPSA) is 110 Å². The van der Waals surface area contributed by atoms with Gasteiger partial charge in [-0.2, -0.15) is 0 Å². The van der Waals surface area contributed by atoms with Crippen LogP contribution in [0.2, 0.25) is 0 Å². The second-order valence-corrected chi connectivity index (χ2v) is 8.71. The number of rotatable bonds is 4. The van der Waals surface area contributed by atoms with E-state index in [1.165, 1.54) is 18.3 Å². The molecular weight excluding hydrogens is 446 g/mol. The van der Waals surface area contributed by atoms with Crippen LogP contribution in [0.25, 0.3) is 22.4 Å². The Morgan fingerprint density at radius 2 is 1.89 bits per heavy atom. The number of hydrogen-bond donors (Lipinski definition) is 1. The van der Waals surface area contributed by atoms with Gasteiger partial charge in [-0.1, -0.05) is 20.8 Å². The van der Waals surface area contributed by atoms with Crippen molar-refractivity contribution in [3.63, 3.8) is 0 Å². The summed E-state index contributed by atoms with van der Waals surface area (Å²) in [5, 5.41) is 3.49. The Bertz CT molecular complexity index is 1270. The number of carbonyl (C=O) groups excluding carboxylic acids is 2. The summed E-state index contributed by atoms with van der Waals surface area (Å²) in [6, 6.07) is 2.56. The third-order valence-electron chi connectivity index (χ3n) is 5.11. The number of aromatic nitrogens is 3. The van der Waals surface area contributed by atoms with E-state index < -0.39 is 23.6 Å². The van der Waals surface area contributed by atoms with Crippen molar-refractivity contribution in [1.29, 1.82) is 0 Å². The van der Waals surface area contributed by atoms with Crippen LogP contribution >= 0.6 is 0 Å². The summed E-state index contributed by atoms with van der Waals surface area (Å²) in [7, 11) is 1.50. The van der Waals surface area contributed by atoms with Gasteiger partial charge in [0.05, 0.1) is 11.1 Å². The third kappa shape index (κ3) is 6.35. The van der Waals surface area contributed by atoms with Gasteiger partial charge in [0.25, 0.3) is 0 Å². The Labute approximate surface area is 208 Å². The number of terminal acetylenes is 1. The van der Waals surface area contributed by atoms with Gasteiger partial charge >= 0.3 is 6.09 Å². The average Bonchev–Trinajstić information content (AvgIpc) is 3.04. The molecule has 0 radical (unpaired) electrons. The molecule has 9 nitrogen and oxygen atoms in total. The van der Waals surface area contributed by atoms with Gasteiger partial charge in [-0.3, -0.25) is 9.69 Å². The first-order chi connectivity index (χ1) is 15.4. The van der Waals surface area contributed by atoms with Gasteiger partial charge in [-0.15, -0.1) is 6.42 Å². The molecule has 0 aromatic carbocycles. The molecule has 0 fully saturated rings. The molecule has 0 saturated carbocycles. The normalized spacial score (nSPS) is 11.5. The molecule has 3 aromatic rings. The van der Waals surface area contributed by atoms with E-state index in [0.717, 1.165) is 16.7 Å². The van der Waals surface area contributed by atoms with Crippen LogP contribution in [0, 0.1) is 26.2 Å². The van der Waals surface area contributed by atoms with Crippen LogP contribution in [-0.2, 0) is 9.53 Å². The largest absolute Gasteiger partial charge is 0.444 e. The second-order valence-electron chi connectivity index (χ2n) is 8.71. The standard InChI is InChI=1S/C24H27N5O4.2CH4.H2/c1-9-17-10-16(20-19-13(2)15(4)32-22(19)26-12-25-20)11-18(27-17)28-21(30)14(3)29(8)23(31)33-24(5,6)7;;;/h1,10-12,14H,2-8H3,(H,27,28,30);2*1H4;1H. The van der Waals surface area contributed by atoms with Gasteiger partial charge in [0, 0.05) is 19.6 Å². The summed E-state index contributed by atoms with van der Waals surface area (Å²) >= 11 is 0. The van der Waals surface area contributed by atoms with Crippen LogP contribution in [0.15, 0.2) is 22.9 Å². The number of carbonyl (C=O) groups is 2. The molecule has 3 aromatic heterocycles. The maximum Gasteiger partial charge on any atom is 0.410 e. The SMILES string of the molecule is C.C.C#Cc1cc(-c2ncnc3oc(C)c(C)c23)cc(NC(=O)C(C)N(C)C(=O)OC(C)(C)C)n1.[HH]. The predicted octanol–water partition coefficient (Wildman–Crippen LogP) is 5.60. The van der Waals surface area contributed by atoms with Crippen molar-refractivity contribution in [3.8, 4) is 23.6 Å². The van der Waals surface area contributed by atoms with Gasteiger partial charge < -0.3 is 14.5 Å². The first kappa shape index (κ1) is 29.1. The molecular formula is C26H37N5O4. The van der Waals surface area contributed by atoms with E-state index in [1.807, 2.05) is 13.8 Å². The fourth-order valence-corrected chi connectivity index (χ4v) is 3.11. The Balaban J connectivity index is 0.00000408. The minimum atomic E-state index is -0.816. The van der Waals surface area contributed by atoms with Crippen molar-refractivity contribution in [3.05, 3.63) is 35.5 Å². The number of fused-ring (bicyclic) bond motifs is 1. The van der Waals surface area contributed by atoms with E-state index in [4.69, 9.17) is 15.6 Å². The van der Waals surface area contributed by atoms with Gasteiger partial charge in [0.1, 0.15) is 35.2 Å². The zero-order chi connectivity index (χ0) is 24.5. The van der Waals surface area contributed by atoms with E-state index in [1.54, 1.807) is 39.8 Å². The van der Waals surface area contributed by atoms with Crippen molar-refractivity contribution < 1.29 is 20.2 Å². The number of pyridine rings is 1. The van der Waals surface area contributed by atoms with E-state index in [2.05, 4.69) is 26.2 Å². The fourth-order valence-electron chi connectivity index (χ4n) is 3.11. The molecule has 0 saturated heterocycles. The lowest BCUT2D eigenvalue weighted by Gasteiger charge is -2.28. The summed E-state index contributed by atoms with van der Waals surface area (Å²) < 4.78 is 11.0. The number of furan rings is 1. The highest BCUT2D eigenvalue weighted by molar-refractivity contribution is 5.97. The molecule has 35 heavy (non-hydrogen) atoms. The van der Waals surface area contributed by atoms with Crippen molar-refractivity contribution in [1.82, 2.24) is 19.9 Å². The second kappa shape index (κ2) is 11.0. The molecule has 0 aliphatic heterocycles. The summed E-state index contributed by atoms with van der Waals surface area (Å²) in [5.41, 5.74) is 2.29. The van der Waals surface area contributed by atoms with Crippen LogP contribution in [0.3, 0.4) is 0 Å². The van der Waals surface area contributed by atoms with E-state index in [0.29, 0.717) is 22.7 Å². The van der Waals surface area contributed by atoms with Crippen LogP contribution < -0.4 is 5.32 Å². The highest BCUT2D eigenvalue weighted by atomic mass is 16.6. The molecule has 1 atom stereocenters. The van der Waals surface area contributed by atoms with E-state index >= 15 is 0 Å². The molecule has 2 amide bonds. The summed E-state index contributed by atoms with van der Waals surface area (Å²) in [5.74, 6) is 3.03. The molecule has 1 unspecified atom stereocenters.